The molecule has 0 saturated heterocycles. The lowest BCUT2D eigenvalue weighted by molar-refractivity contribution is 0.352. The smallest absolute Gasteiger partial charge is 0.0206 e. The molecule has 0 aliphatic rings. The van der Waals surface area contributed by atoms with Gasteiger partial charge < -0.3 is 10.6 Å². The van der Waals surface area contributed by atoms with Crippen molar-refractivity contribution in [2.45, 2.75) is 20.4 Å². The molecule has 1 aromatic rings. The molecule has 17 heavy (non-hydrogen) atoms. The fourth-order valence-corrected chi connectivity index (χ4v) is 2.30. The fourth-order valence-electron chi connectivity index (χ4n) is 1.85. The van der Waals surface area contributed by atoms with Crippen molar-refractivity contribution in [3.63, 3.8) is 0 Å². The van der Waals surface area contributed by atoms with Gasteiger partial charge in [-0.1, -0.05) is 41.9 Å². The van der Waals surface area contributed by atoms with E-state index in [9.17, 15) is 0 Å². The summed E-state index contributed by atoms with van der Waals surface area (Å²) in [5.74, 6) is 1.39. The van der Waals surface area contributed by atoms with E-state index in [1.807, 2.05) is 7.05 Å². The van der Waals surface area contributed by atoms with E-state index in [-0.39, 0.29) is 0 Å². The van der Waals surface area contributed by atoms with Crippen LogP contribution in [0.15, 0.2) is 28.7 Å². The minimum atomic E-state index is 0.687. The first-order valence-electron chi connectivity index (χ1n) is 6.23. The summed E-state index contributed by atoms with van der Waals surface area (Å²) in [4.78, 5) is 0. The van der Waals surface area contributed by atoms with Crippen LogP contribution in [0.3, 0.4) is 0 Å². The first-order chi connectivity index (χ1) is 8.13. The van der Waals surface area contributed by atoms with Gasteiger partial charge in [0.2, 0.25) is 0 Å². The highest BCUT2D eigenvalue weighted by Crippen LogP contribution is 2.12. The number of rotatable bonds is 7. The number of nitrogens with one attached hydrogen (secondary N) is 2. The topological polar surface area (TPSA) is 24.1 Å². The summed E-state index contributed by atoms with van der Waals surface area (Å²) in [6, 6.07) is 8.45. The molecule has 1 atom stereocenters. The van der Waals surface area contributed by atoms with Gasteiger partial charge in [-0.3, -0.25) is 0 Å². The summed E-state index contributed by atoms with van der Waals surface area (Å²) >= 11 is 3.49. The summed E-state index contributed by atoms with van der Waals surface area (Å²) in [7, 11) is 2.02. The average molecular weight is 299 g/mol. The predicted molar refractivity (Wildman–Crippen MR) is 78.1 cm³/mol. The first kappa shape index (κ1) is 14.7. The molecule has 0 aliphatic carbocycles. The maximum atomic E-state index is 3.53. The van der Waals surface area contributed by atoms with Crippen LogP contribution < -0.4 is 10.6 Å². The highest BCUT2D eigenvalue weighted by Gasteiger charge is 2.11. The zero-order valence-corrected chi connectivity index (χ0v) is 12.5. The van der Waals surface area contributed by atoms with E-state index in [1.165, 1.54) is 5.56 Å². The molecule has 0 spiro atoms. The van der Waals surface area contributed by atoms with Crippen molar-refractivity contribution < 1.29 is 0 Å². The Morgan fingerprint density at radius 1 is 1.24 bits per heavy atom. The average Bonchev–Trinajstić information content (AvgIpc) is 2.28. The zero-order chi connectivity index (χ0) is 12.7. The van der Waals surface area contributed by atoms with Gasteiger partial charge in [0.15, 0.2) is 0 Å². The van der Waals surface area contributed by atoms with Gasteiger partial charge in [0.25, 0.3) is 0 Å². The van der Waals surface area contributed by atoms with Crippen molar-refractivity contribution in [1.82, 2.24) is 10.6 Å². The van der Waals surface area contributed by atoms with Crippen LogP contribution >= 0.6 is 15.9 Å². The lowest BCUT2D eigenvalue weighted by Crippen LogP contribution is -2.32. The molecular weight excluding hydrogens is 276 g/mol. The zero-order valence-electron chi connectivity index (χ0n) is 11.0. The third-order valence-corrected chi connectivity index (χ3v) is 3.53. The molecule has 0 aliphatic heterocycles. The Bertz CT molecular complexity index is 326. The van der Waals surface area contributed by atoms with Crippen molar-refractivity contribution in [3.8, 4) is 0 Å². The second-order valence-electron chi connectivity index (χ2n) is 4.82. The molecule has 1 rings (SSSR count). The Morgan fingerprint density at radius 3 is 2.59 bits per heavy atom. The molecule has 2 nitrogen and oxygen atoms in total. The molecule has 1 unspecified atom stereocenters. The standard InChI is InChI=1S/C14H23BrN2/c1-11(2)13(9-16-3)10-17-8-12-5-4-6-14(15)7-12/h4-7,11,13,16-17H,8-10H2,1-3H3. The highest BCUT2D eigenvalue weighted by atomic mass is 79.9. The quantitative estimate of drug-likeness (QED) is 0.808. The summed E-state index contributed by atoms with van der Waals surface area (Å²) in [6.07, 6.45) is 0. The molecule has 0 heterocycles. The lowest BCUT2D eigenvalue weighted by Gasteiger charge is -2.21. The van der Waals surface area contributed by atoms with Crippen LogP contribution in [0.4, 0.5) is 0 Å². The maximum absolute atomic E-state index is 3.53. The molecule has 0 fully saturated rings. The van der Waals surface area contributed by atoms with Gasteiger partial charge in [-0.25, -0.2) is 0 Å². The Labute approximate surface area is 113 Å². The Morgan fingerprint density at radius 2 is 2.00 bits per heavy atom. The Kier molecular flexibility index (Phi) is 6.78. The van der Waals surface area contributed by atoms with Crippen molar-refractivity contribution >= 4 is 15.9 Å². The van der Waals surface area contributed by atoms with Crippen molar-refractivity contribution in [2.24, 2.45) is 11.8 Å². The molecule has 0 radical (unpaired) electrons. The highest BCUT2D eigenvalue weighted by molar-refractivity contribution is 9.10. The van der Waals surface area contributed by atoms with E-state index in [1.54, 1.807) is 0 Å². The Hall–Kier alpha value is -0.380. The fraction of sp³-hybridized carbons (Fsp3) is 0.571. The van der Waals surface area contributed by atoms with Crippen LogP contribution in [-0.4, -0.2) is 20.1 Å². The summed E-state index contributed by atoms with van der Waals surface area (Å²) in [6.45, 7) is 7.63. The minimum Gasteiger partial charge on any atom is -0.319 e. The maximum Gasteiger partial charge on any atom is 0.0206 e. The SMILES string of the molecule is CNCC(CNCc1cccc(Br)c1)C(C)C. The molecule has 0 saturated carbocycles. The summed E-state index contributed by atoms with van der Waals surface area (Å²) in [5.41, 5.74) is 1.33. The van der Waals surface area contributed by atoms with Crippen LogP contribution in [0, 0.1) is 11.8 Å². The van der Waals surface area contributed by atoms with Gasteiger partial charge in [0.05, 0.1) is 0 Å². The van der Waals surface area contributed by atoms with Crippen molar-refractivity contribution in [3.05, 3.63) is 34.3 Å². The van der Waals surface area contributed by atoms with Crippen LogP contribution in [-0.2, 0) is 6.54 Å². The molecular formula is C14H23BrN2. The molecule has 0 bridgehead atoms. The molecule has 96 valence electrons. The van der Waals surface area contributed by atoms with E-state index in [0.717, 1.165) is 24.1 Å². The van der Waals surface area contributed by atoms with Crippen LogP contribution in [0.2, 0.25) is 0 Å². The van der Waals surface area contributed by atoms with E-state index >= 15 is 0 Å². The van der Waals surface area contributed by atoms with Gasteiger partial charge in [0, 0.05) is 11.0 Å². The van der Waals surface area contributed by atoms with Gasteiger partial charge in [-0.15, -0.1) is 0 Å². The first-order valence-corrected chi connectivity index (χ1v) is 7.02. The lowest BCUT2D eigenvalue weighted by atomic mass is 9.96. The van der Waals surface area contributed by atoms with Crippen LogP contribution in [0.25, 0.3) is 0 Å². The van der Waals surface area contributed by atoms with Crippen molar-refractivity contribution in [2.75, 3.05) is 20.1 Å². The normalized spacial score (nSPS) is 13.0. The van der Waals surface area contributed by atoms with Gasteiger partial charge in [-0.05, 0) is 49.7 Å². The number of hydrogen-bond acceptors (Lipinski definition) is 2. The van der Waals surface area contributed by atoms with Gasteiger partial charge in [-0.2, -0.15) is 0 Å². The van der Waals surface area contributed by atoms with Gasteiger partial charge >= 0.3 is 0 Å². The van der Waals surface area contributed by atoms with Gasteiger partial charge in [0.1, 0.15) is 0 Å². The van der Waals surface area contributed by atoms with E-state index in [2.05, 4.69) is 64.7 Å². The second-order valence-corrected chi connectivity index (χ2v) is 5.74. The molecule has 3 heteroatoms. The molecule has 1 aromatic carbocycles. The number of benzene rings is 1. The van der Waals surface area contributed by atoms with E-state index in [4.69, 9.17) is 0 Å². The third kappa shape index (κ3) is 5.66. The molecule has 0 amide bonds. The Balaban J connectivity index is 2.35. The molecule has 2 N–H and O–H groups in total. The van der Waals surface area contributed by atoms with Crippen LogP contribution in [0.1, 0.15) is 19.4 Å². The number of hydrogen-bond donors (Lipinski definition) is 2. The third-order valence-electron chi connectivity index (χ3n) is 3.03. The van der Waals surface area contributed by atoms with Crippen molar-refractivity contribution in [1.29, 1.82) is 0 Å². The largest absolute Gasteiger partial charge is 0.319 e. The minimum absolute atomic E-state index is 0.687. The predicted octanol–water partition coefficient (Wildman–Crippen LogP) is 3.03. The van der Waals surface area contributed by atoms with E-state index in [0.29, 0.717) is 11.8 Å². The second kappa shape index (κ2) is 7.85. The van der Waals surface area contributed by atoms with E-state index < -0.39 is 0 Å². The monoisotopic (exact) mass is 298 g/mol. The summed E-state index contributed by atoms with van der Waals surface area (Å²) in [5, 5.41) is 6.79. The number of halogens is 1. The van der Waals surface area contributed by atoms with Crippen LogP contribution in [0.5, 0.6) is 0 Å². The molecule has 0 aromatic heterocycles. The summed E-state index contributed by atoms with van der Waals surface area (Å²) < 4.78 is 1.15.